The van der Waals surface area contributed by atoms with E-state index in [0.29, 0.717) is 25.6 Å². The summed E-state index contributed by atoms with van der Waals surface area (Å²) in [4.78, 5) is 0.272. The van der Waals surface area contributed by atoms with Crippen molar-refractivity contribution in [1.82, 2.24) is 14.1 Å². The van der Waals surface area contributed by atoms with Crippen LogP contribution in [0.2, 0.25) is 0 Å². The van der Waals surface area contributed by atoms with Gasteiger partial charge in [-0.3, -0.25) is 4.68 Å². The average Bonchev–Trinajstić information content (AvgIpc) is 3.05. The number of nitrogens with two attached hydrogens (primary N) is 1. The van der Waals surface area contributed by atoms with Gasteiger partial charge < -0.3 is 5.73 Å². The van der Waals surface area contributed by atoms with Crippen LogP contribution in [0.3, 0.4) is 0 Å². The molecule has 1 saturated carbocycles. The minimum Gasteiger partial charge on any atom is -0.329 e. The van der Waals surface area contributed by atoms with Crippen LogP contribution in [0.15, 0.2) is 17.3 Å². The van der Waals surface area contributed by atoms with Crippen LogP contribution in [0.5, 0.6) is 0 Å². The molecule has 0 saturated heterocycles. The van der Waals surface area contributed by atoms with Crippen LogP contribution < -0.4 is 5.73 Å². The van der Waals surface area contributed by atoms with E-state index in [4.69, 9.17) is 5.73 Å². The topological polar surface area (TPSA) is 81.2 Å². The third-order valence-electron chi connectivity index (χ3n) is 3.07. The molecule has 1 aliphatic carbocycles. The zero-order chi connectivity index (χ0) is 14.0. The zero-order valence-corrected chi connectivity index (χ0v) is 12.3. The minimum atomic E-state index is -3.42. The number of sulfonamides is 1. The summed E-state index contributed by atoms with van der Waals surface area (Å²) in [5, 5.41) is 4.04. The highest BCUT2D eigenvalue weighted by molar-refractivity contribution is 7.89. The molecule has 1 fully saturated rings. The van der Waals surface area contributed by atoms with Crippen molar-refractivity contribution in [3.05, 3.63) is 12.4 Å². The highest BCUT2D eigenvalue weighted by atomic mass is 32.2. The Morgan fingerprint density at radius 2 is 2.21 bits per heavy atom. The predicted octanol–water partition coefficient (Wildman–Crippen LogP) is 0.651. The SMILES string of the molecule is CC(C)CN(C1CC1)S(=O)(=O)c1cnn(CCN)c1. The Morgan fingerprint density at radius 3 is 2.74 bits per heavy atom. The summed E-state index contributed by atoms with van der Waals surface area (Å²) in [5.41, 5.74) is 5.44. The van der Waals surface area contributed by atoms with Crippen molar-refractivity contribution in [3.63, 3.8) is 0 Å². The zero-order valence-electron chi connectivity index (χ0n) is 11.5. The molecule has 2 rings (SSSR count). The Balaban J connectivity index is 2.22. The van der Waals surface area contributed by atoms with E-state index in [1.165, 1.54) is 6.20 Å². The second kappa shape index (κ2) is 5.60. The molecular weight excluding hydrogens is 264 g/mol. The van der Waals surface area contributed by atoms with Gasteiger partial charge in [0.2, 0.25) is 10.0 Å². The molecule has 1 heterocycles. The Labute approximate surface area is 114 Å². The highest BCUT2D eigenvalue weighted by Crippen LogP contribution is 2.32. The molecule has 0 bridgehead atoms. The van der Waals surface area contributed by atoms with E-state index in [0.717, 1.165) is 12.8 Å². The molecule has 0 amide bonds. The van der Waals surface area contributed by atoms with Gasteiger partial charge in [0.15, 0.2) is 0 Å². The fourth-order valence-electron chi connectivity index (χ4n) is 2.03. The van der Waals surface area contributed by atoms with Crippen LogP contribution in [0.25, 0.3) is 0 Å². The van der Waals surface area contributed by atoms with Crippen LogP contribution in [-0.4, -0.2) is 41.6 Å². The summed E-state index contributed by atoms with van der Waals surface area (Å²) < 4.78 is 28.4. The van der Waals surface area contributed by atoms with E-state index in [-0.39, 0.29) is 10.9 Å². The molecule has 19 heavy (non-hydrogen) atoms. The first-order valence-corrected chi connectivity index (χ1v) is 8.13. The van der Waals surface area contributed by atoms with Crippen LogP contribution in [0, 0.1) is 5.92 Å². The van der Waals surface area contributed by atoms with Crippen molar-refractivity contribution in [1.29, 1.82) is 0 Å². The lowest BCUT2D eigenvalue weighted by Crippen LogP contribution is -2.36. The van der Waals surface area contributed by atoms with E-state index in [2.05, 4.69) is 5.10 Å². The molecule has 0 unspecified atom stereocenters. The van der Waals surface area contributed by atoms with Gasteiger partial charge in [0.25, 0.3) is 0 Å². The number of hydrogen-bond donors (Lipinski definition) is 1. The number of hydrogen-bond acceptors (Lipinski definition) is 4. The van der Waals surface area contributed by atoms with Gasteiger partial charge in [0, 0.05) is 25.3 Å². The van der Waals surface area contributed by atoms with Crippen molar-refractivity contribution in [2.24, 2.45) is 11.7 Å². The van der Waals surface area contributed by atoms with Crippen LogP contribution >= 0.6 is 0 Å². The molecule has 6 nitrogen and oxygen atoms in total. The van der Waals surface area contributed by atoms with Gasteiger partial charge in [-0.2, -0.15) is 9.40 Å². The molecule has 0 spiro atoms. The maximum Gasteiger partial charge on any atom is 0.246 e. The molecule has 0 atom stereocenters. The van der Waals surface area contributed by atoms with Gasteiger partial charge in [-0.05, 0) is 18.8 Å². The number of nitrogens with zero attached hydrogens (tertiary/aromatic N) is 3. The summed E-state index contributed by atoms with van der Waals surface area (Å²) in [6.45, 7) is 5.60. The van der Waals surface area contributed by atoms with Crippen LogP contribution in [0.4, 0.5) is 0 Å². The highest BCUT2D eigenvalue weighted by Gasteiger charge is 2.38. The Morgan fingerprint density at radius 1 is 1.53 bits per heavy atom. The Hall–Kier alpha value is -0.920. The van der Waals surface area contributed by atoms with E-state index in [1.807, 2.05) is 13.8 Å². The average molecular weight is 286 g/mol. The molecule has 0 aliphatic heterocycles. The summed E-state index contributed by atoms with van der Waals surface area (Å²) in [5.74, 6) is 0.314. The van der Waals surface area contributed by atoms with Crippen LogP contribution in [-0.2, 0) is 16.6 Å². The van der Waals surface area contributed by atoms with Crippen molar-refractivity contribution < 1.29 is 8.42 Å². The summed E-state index contributed by atoms with van der Waals surface area (Å²) in [6.07, 6.45) is 4.91. The van der Waals surface area contributed by atoms with Crippen molar-refractivity contribution in [2.45, 2.75) is 44.2 Å². The molecule has 1 aromatic rings. The van der Waals surface area contributed by atoms with E-state index in [9.17, 15) is 8.42 Å². The molecule has 1 aliphatic rings. The molecular formula is C12H22N4O2S. The lowest BCUT2D eigenvalue weighted by Gasteiger charge is -2.22. The summed E-state index contributed by atoms with van der Waals surface area (Å²) in [7, 11) is -3.42. The lowest BCUT2D eigenvalue weighted by molar-refractivity contribution is 0.360. The molecule has 0 aromatic carbocycles. The lowest BCUT2D eigenvalue weighted by atomic mass is 10.2. The molecule has 7 heteroatoms. The van der Waals surface area contributed by atoms with Gasteiger partial charge in [-0.15, -0.1) is 0 Å². The first kappa shape index (κ1) is 14.5. The van der Waals surface area contributed by atoms with E-state index in [1.54, 1.807) is 15.2 Å². The number of aromatic nitrogens is 2. The standard InChI is InChI=1S/C12H22N4O2S/c1-10(2)8-16(11-3-4-11)19(17,18)12-7-14-15(9-12)6-5-13/h7,9-11H,3-6,8,13H2,1-2H3. The molecule has 0 radical (unpaired) electrons. The van der Waals surface area contributed by atoms with E-state index < -0.39 is 10.0 Å². The van der Waals surface area contributed by atoms with Crippen molar-refractivity contribution in [2.75, 3.05) is 13.1 Å². The second-order valence-electron chi connectivity index (χ2n) is 5.43. The quantitative estimate of drug-likeness (QED) is 0.798. The largest absolute Gasteiger partial charge is 0.329 e. The van der Waals surface area contributed by atoms with Gasteiger partial charge in [0.05, 0.1) is 12.7 Å². The van der Waals surface area contributed by atoms with Crippen molar-refractivity contribution >= 4 is 10.0 Å². The monoisotopic (exact) mass is 286 g/mol. The van der Waals surface area contributed by atoms with E-state index >= 15 is 0 Å². The fraction of sp³-hybridized carbons (Fsp3) is 0.750. The smallest absolute Gasteiger partial charge is 0.246 e. The summed E-state index contributed by atoms with van der Waals surface area (Å²) in [6, 6.07) is 0.172. The Kier molecular flexibility index (Phi) is 4.27. The van der Waals surface area contributed by atoms with Gasteiger partial charge in [-0.25, -0.2) is 8.42 Å². The van der Waals surface area contributed by atoms with Crippen LogP contribution in [0.1, 0.15) is 26.7 Å². The van der Waals surface area contributed by atoms with Gasteiger partial charge >= 0.3 is 0 Å². The number of rotatable bonds is 7. The molecule has 1 aromatic heterocycles. The second-order valence-corrected chi connectivity index (χ2v) is 7.32. The first-order chi connectivity index (χ1) is 8.95. The fourth-order valence-corrected chi connectivity index (χ4v) is 3.84. The third kappa shape index (κ3) is 3.34. The summed E-state index contributed by atoms with van der Waals surface area (Å²) >= 11 is 0. The molecule has 108 valence electrons. The normalized spacial score (nSPS) is 16.5. The van der Waals surface area contributed by atoms with Gasteiger partial charge in [-0.1, -0.05) is 13.8 Å². The maximum atomic E-state index is 12.6. The molecule has 2 N–H and O–H groups in total. The maximum absolute atomic E-state index is 12.6. The first-order valence-electron chi connectivity index (χ1n) is 6.69. The third-order valence-corrected chi connectivity index (χ3v) is 4.94. The van der Waals surface area contributed by atoms with Gasteiger partial charge in [0.1, 0.15) is 4.90 Å². The van der Waals surface area contributed by atoms with Crippen molar-refractivity contribution in [3.8, 4) is 0 Å². The Bertz CT molecular complexity index is 520. The predicted molar refractivity (Wildman–Crippen MR) is 73.0 cm³/mol. The minimum absolute atomic E-state index is 0.172.